The molecule has 0 fully saturated rings. The monoisotopic (exact) mass is 374 g/mol. The van der Waals surface area contributed by atoms with Crippen molar-refractivity contribution < 1.29 is 23.5 Å². The number of carbonyl (C=O) groups excluding carboxylic acids is 2. The molecule has 0 saturated heterocycles. The van der Waals surface area contributed by atoms with Crippen molar-refractivity contribution in [3.8, 4) is 17.1 Å². The van der Waals surface area contributed by atoms with Gasteiger partial charge < -0.3 is 13.9 Å². The summed E-state index contributed by atoms with van der Waals surface area (Å²) >= 11 is 0. The highest BCUT2D eigenvalue weighted by Gasteiger charge is 2.26. The molecule has 0 N–H and O–H groups in total. The van der Waals surface area contributed by atoms with Crippen LogP contribution in [0.25, 0.3) is 33.1 Å². The van der Waals surface area contributed by atoms with E-state index in [-0.39, 0.29) is 6.61 Å². The van der Waals surface area contributed by atoms with Gasteiger partial charge in [-0.05, 0) is 13.0 Å². The van der Waals surface area contributed by atoms with Crippen molar-refractivity contribution in [3.05, 3.63) is 66.2 Å². The normalized spacial score (nSPS) is 10.9. The minimum absolute atomic E-state index is 0.240. The van der Waals surface area contributed by atoms with Gasteiger partial charge in [-0.25, -0.2) is 4.79 Å². The zero-order chi connectivity index (χ0) is 19.7. The lowest BCUT2D eigenvalue weighted by Gasteiger charge is -2.07. The Bertz CT molecular complexity index is 1190. The average Bonchev–Trinajstić information content (AvgIpc) is 3.08. The molecule has 0 saturated carbocycles. The van der Waals surface area contributed by atoms with E-state index in [0.717, 1.165) is 16.3 Å². The Morgan fingerprint density at radius 1 is 0.929 bits per heavy atom. The second-order valence-electron chi connectivity index (χ2n) is 6.28. The lowest BCUT2D eigenvalue weighted by atomic mass is 10.0. The molecule has 140 valence electrons. The molecule has 0 bridgehead atoms. The molecular formula is C23H18O5. The minimum Gasteiger partial charge on any atom is -0.462 e. The highest BCUT2D eigenvalue weighted by Crippen LogP contribution is 2.41. The van der Waals surface area contributed by atoms with Crippen LogP contribution in [0.2, 0.25) is 0 Å². The van der Waals surface area contributed by atoms with Crippen LogP contribution >= 0.6 is 0 Å². The largest absolute Gasteiger partial charge is 0.462 e. The standard InChI is InChI=1S/C23H18O5/c1-3-26-23(25)20-18-13-19(27-14(2)24)16-11-7-8-12-17(16)22(18)28-21(20)15-9-5-4-6-10-15/h4-13H,3H2,1-2H3. The van der Waals surface area contributed by atoms with Crippen molar-refractivity contribution >= 4 is 33.7 Å². The molecule has 0 aliphatic heterocycles. The molecule has 5 nitrogen and oxygen atoms in total. The number of hydrogen-bond acceptors (Lipinski definition) is 5. The van der Waals surface area contributed by atoms with E-state index in [9.17, 15) is 9.59 Å². The summed E-state index contributed by atoms with van der Waals surface area (Å²) in [5.41, 5.74) is 1.63. The molecule has 4 rings (SSSR count). The smallest absolute Gasteiger partial charge is 0.342 e. The third-order valence-corrected chi connectivity index (χ3v) is 4.43. The van der Waals surface area contributed by atoms with E-state index in [4.69, 9.17) is 13.9 Å². The van der Waals surface area contributed by atoms with E-state index < -0.39 is 11.9 Å². The first kappa shape index (κ1) is 17.8. The molecule has 0 amide bonds. The fourth-order valence-corrected chi connectivity index (χ4v) is 3.32. The molecule has 0 atom stereocenters. The molecule has 3 aromatic carbocycles. The SMILES string of the molecule is CCOC(=O)c1c(-c2ccccc2)oc2c1cc(OC(C)=O)c1ccccc12. The number of furan rings is 1. The van der Waals surface area contributed by atoms with Gasteiger partial charge in [0.05, 0.1) is 6.61 Å². The maximum absolute atomic E-state index is 12.8. The molecule has 1 aromatic heterocycles. The first-order chi connectivity index (χ1) is 13.6. The molecule has 0 radical (unpaired) electrons. The maximum atomic E-state index is 12.8. The van der Waals surface area contributed by atoms with E-state index in [0.29, 0.717) is 28.0 Å². The molecule has 1 heterocycles. The first-order valence-electron chi connectivity index (χ1n) is 8.99. The van der Waals surface area contributed by atoms with Gasteiger partial charge in [0.15, 0.2) is 0 Å². The van der Waals surface area contributed by atoms with Crippen LogP contribution in [0.1, 0.15) is 24.2 Å². The van der Waals surface area contributed by atoms with E-state index in [1.807, 2.05) is 54.6 Å². The molecule has 0 aliphatic carbocycles. The highest BCUT2D eigenvalue weighted by atomic mass is 16.5. The maximum Gasteiger partial charge on any atom is 0.342 e. The van der Waals surface area contributed by atoms with Crippen molar-refractivity contribution in [2.24, 2.45) is 0 Å². The van der Waals surface area contributed by atoms with Crippen molar-refractivity contribution in [3.63, 3.8) is 0 Å². The number of esters is 2. The number of ether oxygens (including phenoxy) is 2. The summed E-state index contributed by atoms with van der Waals surface area (Å²) in [6.07, 6.45) is 0. The second kappa shape index (κ2) is 7.19. The van der Waals surface area contributed by atoms with Crippen LogP contribution in [0, 0.1) is 0 Å². The number of rotatable bonds is 4. The van der Waals surface area contributed by atoms with Gasteiger partial charge in [0.1, 0.15) is 22.7 Å². The van der Waals surface area contributed by atoms with E-state index >= 15 is 0 Å². The Hall–Kier alpha value is -3.60. The number of benzene rings is 3. The van der Waals surface area contributed by atoms with Crippen molar-refractivity contribution in [1.29, 1.82) is 0 Å². The second-order valence-corrected chi connectivity index (χ2v) is 6.28. The first-order valence-corrected chi connectivity index (χ1v) is 8.99. The Balaban J connectivity index is 2.10. The van der Waals surface area contributed by atoms with Gasteiger partial charge in [-0.3, -0.25) is 4.79 Å². The number of hydrogen-bond donors (Lipinski definition) is 0. The fourth-order valence-electron chi connectivity index (χ4n) is 3.32. The zero-order valence-electron chi connectivity index (χ0n) is 15.5. The summed E-state index contributed by atoms with van der Waals surface area (Å²) in [5.74, 6) is -0.112. The van der Waals surface area contributed by atoms with E-state index in [2.05, 4.69) is 0 Å². The van der Waals surface area contributed by atoms with Crippen LogP contribution in [-0.4, -0.2) is 18.5 Å². The summed E-state index contributed by atoms with van der Waals surface area (Å²) in [4.78, 5) is 24.4. The summed E-state index contributed by atoms with van der Waals surface area (Å²) in [5, 5.41) is 2.03. The Kier molecular flexibility index (Phi) is 4.57. The van der Waals surface area contributed by atoms with Crippen LogP contribution < -0.4 is 4.74 Å². The number of carbonyl (C=O) groups is 2. The summed E-state index contributed by atoms with van der Waals surface area (Å²) in [6, 6.07) is 18.5. The Morgan fingerprint density at radius 2 is 1.61 bits per heavy atom. The third kappa shape index (κ3) is 3.01. The van der Waals surface area contributed by atoms with Crippen LogP contribution in [0.15, 0.2) is 65.1 Å². The topological polar surface area (TPSA) is 65.7 Å². The van der Waals surface area contributed by atoms with Gasteiger partial charge in [0.25, 0.3) is 0 Å². The molecule has 4 aromatic rings. The van der Waals surface area contributed by atoms with Crippen LogP contribution in [0.5, 0.6) is 5.75 Å². The van der Waals surface area contributed by atoms with Crippen molar-refractivity contribution in [1.82, 2.24) is 0 Å². The Labute approximate surface area is 161 Å². The average molecular weight is 374 g/mol. The predicted molar refractivity (Wildman–Crippen MR) is 106 cm³/mol. The fraction of sp³-hybridized carbons (Fsp3) is 0.130. The molecule has 0 spiro atoms. The minimum atomic E-state index is -0.482. The van der Waals surface area contributed by atoms with Crippen LogP contribution in [0.3, 0.4) is 0 Å². The van der Waals surface area contributed by atoms with Crippen LogP contribution in [0.4, 0.5) is 0 Å². The van der Waals surface area contributed by atoms with Gasteiger partial charge in [-0.1, -0.05) is 54.6 Å². The molecule has 5 heteroatoms. The summed E-state index contributed by atoms with van der Waals surface area (Å²) in [7, 11) is 0. The molecule has 0 aliphatic rings. The van der Waals surface area contributed by atoms with Gasteiger partial charge in [-0.2, -0.15) is 0 Å². The lowest BCUT2D eigenvalue weighted by Crippen LogP contribution is -2.06. The highest BCUT2D eigenvalue weighted by molar-refractivity contribution is 6.17. The Morgan fingerprint density at radius 3 is 2.29 bits per heavy atom. The quantitative estimate of drug-likeness (QED) is 0.356. The number of fused-ring (bicyclic) bond motifs is 3. The van der Waals surface area contributed by atoms with Gasteiger partial charge in [-0.15, -0.1) is 0 Å². The predicted octanol–water partition coefficient (Wildman–Crippen LogP) is 5.36. The third-order valence-electron chi connectivity index (χ3n) is 4.43. The van der Waals surface area contributed by atoms with Crippen LogP contribution in [-0.2, 0) is 9.53 Å². The van der Waals surface area contributed by atoms with Gasteiger partial charge in [0.2, 0.25) is 0 Å². The van der Waals surface area contributed by atoms with E-state index in [1.165, 1.54) is 6.92 Å². The van der Waals surface area contributed by atoms with Crippen molar-refractivity contribution in [2.45, 2.75) is 13.8 Å². The summed E-state index contributed by atoms with van der Waals surface area (Å²) in [6.45, 7) is 3.34. The van der Waals surface area contributed by atoms with E-state index in [1.54, 1.807) is 13.0 Å². The van der Waals surface area contributed by atoms with Gasteiger partial charge >= 0.3 is 11.9 Å². The lowest BCUT2D eigenvalue weighted by molar-refractivity contribution is -0.131. The van der Waals surface area contributed by atoms with Crippen molar-refractivity contribution in [2.75, 3.05) is 6.61 Å². The molecule has 28 heavy (non-hydrogen) atoms. The molecular weight excluding hydrogens is 356 g/mol. The summed E-state index contributed by atoms with van der Waals surface area (Å²) < 4.78 is 16.9. The van der Waals surface area contributed by atoms with Gasteiger partial charge in [0, 0.05) is 28.6 Å². The molecule has 0 unspecified atom stereocenters. The zero-order valence-corrected chi connectivity index (χ0v) is 15.5.